The van der Waals surface area contributed by atoms with Gasteiger partial charge in [-0.25, -0.2) is 4.90 Å². The number of nitrogens with zero attached hydrogens (tertiary/aromatic N) is 2. The summed E-state index contributed by atoms with van der Waals surface area (Å²) in [6.07, 6.45) is 1.85. The van der Waals surface area contributed by atoms with Gasteiger partial charge in [-0.05, 0) is 49.6 Å². The van der Waals surface area contributed by atoms with E-state index in [0.29, 0.717) is 18.7 Å². The molecule has 0 aliphatic carbocycles. The molecule has 1 atom stereocenters. The quantitative estimate of drug-likeness (QED) is 0.461. The summed E-state index contributed by atoms with van der Waals surface area (Å²) in [7, 11) is 0. The molecule has 1 N–H and O–H groups in total. The summed E-state index contributed by atoms with van der Waals surface area (Å²) in [4.78, 5) is 49.6. The molecule has 0 aromatic heterocycles. The summed E-state index contributed by atoms with van der Waals surface area (Å²) in [6, 6.07) is 8.29. The van der Waals surface area contributed by atoms with Crippen LogP contribution in [0.25, 0.3) is 0 Å². The van der Waals surface area contributed by atoms with Crippen molar-refractivity contribution in [3.8, 4) is 0 Å². The van der Waals surface area contributed by atoms with E-state index in [1.807, 2.05) is 0 Å². The van der Waals surface area contributed by atoms with Gasteiger partial charge in [-0.15, -0.1) is 0 Å². The third-order valence-corrected chi connectivity index (χ3v) is 5.30. The second-order valence-electron chi connectivity index (χ2n) is 7.28. The van der Waals surface area contributed by atoms with E-state index in [0.717, 1.165) is 17.7 Å². The van der Waals surface area contributed by atoms with Crippen LogP contribution in [-0.2, 0) is 4.74 Å². The number of carbonyl (C=O) groups is 3. The van der Waals surface area contributed by atoms with Crippen LogP contribution in [0.4, 0.5) is 11.4 Å². The number of hydrogen-bond acceptors (Lipinski definition) is 6. The van der Waals surface area contributed by atoms with Gasteiger partial charge >= 0.3 is 0 Å². The number of ether oxygens (including phenoxy) is 1. The Bertz CT molecular complexity index is 1070. The minimum atomic E-state index is -0.569. The minimum Gasteiger partial charge on any atom is -0.376 e. The molecule has 2 heterocycles. The van der Waals surface area contributed by atoms with Crippen molar-refractivity contribution >= 4 is 29.1 Å². The molecule has 0 radical (unpaired) electrons. The van der Waals surface area contributed by atoms with Crippen molar-refractivity contribution in [3.05, 3.63) is 68.8 Å². The van der Waals surface area contributed by atoms with Gasteiger partial charge in [0, 0.05) is 30.8 Å². The highest BCUT2D eigenvalue weighted by Crippen LogP contribution is 2.32. The standard InChI is InChI=1S/C21H19N3O6/c1-12-9-14(24(28)29)5-7-18(12)23-20(26)16-6-4-13(10-17(16)21(23)27)19(25)22-11-15-3-2-8-30-15/h4-7,9-10,15H,2-3,8,11H2,1H3,(H,22,25). The average Bonchev–Trinajstić information content (AvgIpc) is 3.33. The fourth-order valence-electron chi connectivity index (χ4n) is 3.72. The highest BCUT2D eigenvalue weighted by molar-refractivity contribution is 6.35. The number of benzene rings is 2. The number of aryl methyl sites for hydroxylation is 1. The summed E-state index contributed by atoms with van der Waals surface area (Å²) >= 11 is 0. The Morgan fingerprint density at radius 1 is 1.20 bits per heavy atom. The number of rotatable bonds is 5. The Labute approximate surface area is 171 Å². The van der Waals surface area contributed by atoms with Gasteiger partial charge in [0.1, 0.15) is 0 Å². The second-order valence-corrected chi connectivity index (χ2v) is 7.28. The molecule has 0 bridgehead atoms. The SMILES string of the molecule is Cc1cc([N+](=O)[O-])ccc1N1C(=O)c2ccc(C(=O)NCC3CCCO3)cc2C1=O. The van der Waals surface area contributed by atoms with Gasteiger partial charge in [0.05, 0.1) is 27.8 Å². The Balaban J connectivity index is 1.57. The number of fused-ring (bicyclic) bond motifs is 1. The van der Waals surface area contributed by atoms with Crippen LogP contribution in [0, 0.1) is 17.0 Å². The number of amides is 3. The van der Waals surface area contributed by atoms with Crippen LogP contribution in [0.2, 0.25) is 0 Å². The molecule has 9 nitrogen and oxygen atoms in total. The fraction of sp³-hybridized carbons (Fsp3) is 0.286. The first-order valence-electron chi connectivity index (χ1n) is 9.54. The number of hydrogen-bond donors (Lipinski definition) is 1. The zero-order chi connectivity index (χ0) is 21.4. The Kier molecular flexibility index (Phi) is 5.04. The summed E-state index contributed by atoms with van der Waals surface area (Å²) in [5.74, 6) is -1.45. The first-order chi connectivity index (χ1) is 14.4. The maximum absolute atomic E-state index is 12.9. The predicted octanol–water partition coefficient (Wildman–Crippen LogP) is 2.61. The van der Waals surface area contributed by atoms with Crippen LogP contribution in [0.15, 0.2) is 36.4 Å². The Hall–Kier alpha value is -3.59. The number of nitro benzene ring substituents is 1. The number of imide groups is 1. The van der Waals surface area contributed by atoms with Gasteiger partial charge in [-0.1, -0.05) is 0 Å². The van der Waals surface area contributed by atoms with Gasteiger partial charge in [0.25, 0.3) is 23.4 Å². The highest BCUT2D eigenvalue weighted by atomic mass is 16.6. The van der Waals surface area contributed by atoms with Crippen molar-refractivity contribution in [3.63, 3.8) is 0 Å². The Morgan fingerprint density at radius 3 is 2.63 bits per heavy atom. The second kappa shape index (κ2) is 7.68. The van der Waals surface area contributed by atoms with E-state index in [2.05, 4.69) is 5.32 Å². The van der Waals surface area contributed by atoms with E-state index in [9.17, 15) is 24.5 Å². The first-order valence-corrected chi connectivity index (χ1v) is 9.54. The van der Waals surface area contributed by atoms with E-state index < -0.39 is 16.7 Å². The van der Waals surface area contributed by atoms with Gasteiger partial charge in [-0.2, -0.15) is 0 Å². The molecule has 2 aliphatic heterocycles. The molecule has 0 saturated carbocycles. The lowest BCUT2D eigenvalue weighted by Gasteiger charge is -2.16. The van der Waals surface area contributed by atoms with E-state index in [1.165, 1.54) is 36.4 Å². The topological polar surface area (TPSA) is 119 Å². The molecule has 1 fully saturated rings. The molecule has 0 spiro atoms. The molecular weight excluding hydrogens is 390 g/mol. The van der Waals surface area contributed by atoms with Crippen molar-refractivity contribution in [2.24, 2.45) is 0 Å². The van der Waals surface area contributed by atoms with Crippen LogP contribution in [0.5, 0.6) is 0 Å². The lowest BCUT2D eigenvalue weighted by molar-refractivity contribution is -0.384. The van der Waals surface area contributed by atoms with Crippen molar-refractivity contribution in [2.75, 3.05) is 18.1 Å². The zero-order valence-corrected chi connectivity index (χ0v) is 16.2. The summed E-state index contributed by atoms with van der Waals surface area (Å²) in [5, 5.41) is 13.7. The number of nitrogens with one attached hydrogen (secondary N) is 1. The molecule has 2 aromatic carbocycles. The van der Waals surface area contributed by atoms with Gasteiger partial charge in [-0.3, -0.25) is 24.5 Å². The van der Waals surface area contributed by atoms with E-state index in [1.54, 1.807) is 6.92 Å². The van der Waals surface area contributed by atoms with Crippen molar-refractivity contribution in [2.45, 2.75) is 25.9 Å². The molecule has 1 saturated heterocycles. The lowest BCUT2D eigenvalue weighted by atomic mass is 10.1. The average molecular weight is 409 g/mol. The van der Waals surface area contributed by atoms with Gasteiger partial charge in [0.2, 0.25) is 0 Å². The largest absolute Gasteiger partial charge is 0.376 e. The van der Waals surface area contributed by atoms with Crippen molar-refractivity contribution < 1.29 is 24.0 Å². The van der Waals surface area contributed by atoms with Crippen LogP contribution < -0.4 is 10.2 Å². The van der Waals surface area contributed by atoms with Crippen LogP contribution >= 0.6 is 0 Å². The van der Waals surface area contributed by atoms with Crippen molar-refractivity contribution in [1.29, 1.82) is 0 Å². The summed E-state index contributed by atoms with van der Waals surface area (Å²) < 4.78 is 5.48. The Morgan fingerprint density at radius 2 is 1.97 bits per heavy atom. The predicted molar refractivity (Wildman–Crippen MR) is 107 cm³/mol. The van der Waals surface area contributed by atoms with Crippen LogP contribution in [-0.4, -0.2) is 41.9 Å². The summed E-state index contributed by atoms with van der Waals surface area (Å²) in [6.45, 7) is 2.67. The van der Waals surface area contributed by atoms with E-state index in [-0.39, 0.29) is 40.1 Å². The molecule has 4 rings (SSSR count). The maximum Gasteiger partial charge on any atom is 0.269 e. The number of non-ortho nitro benzene ring substituents is 1. The molecule has 30 heavy (non-hydrogen) atoms. The fourth-order valence-corrected chi connectivity index (χ4v) is 3.72. The van der Waals surface area contributed by atoms with E-state index in [4.69, 9.17) is 4.74 Å². The van der Waals surface area contributed by atoms with Crippen LogP contribution in [0.1, 0.15) is 49.5 Å². The van der Waals surface area contributed by atoms with Gasteiger partial charge in [0.15, 0.2) is 0 Å². The molecule has 2 aliphatic rings. The van der Waals surface area contributed by atoms with Crippen LogP contribution in [0.3, 0.4) is 0 Å². The smallest absolute Gasteiger partial charge is 0.269 e. The third-order valence-electron chi connectivity index (χ3n) is 5.30. The molecule has 3 amide bonds. The molecule has 1 unspecified atom stereocenters. The first kappa shape index (κ1) is 19.7. The molecular formula is C21H19N3O6. The highest BCUT2D eigenvalue weighted by Gasteiger charge is 2.38. The maximum atomic E-state index is 12.9. The number of carbonyl (C=O) groups excluding carboxylic acids is 3. The molecule has 154 valence electrons. The lowest BCUT2D eigenvalue weighted by Crippen LogP contribution is -2.32. The summed E-state index contributed by atoms with van der Waals surface area (Å²) in [5.41, 5.74) is 1.16. The minimum absolute atomic E-state index is 0.00723. The zero-order valence-electron chi connectivity index (χ0n) is 16.2. The molecule has 9 heteroatoms. The van der Waals surface area contributed by atoms with Gasteiger partial charge < -0.3 is 10.1 Å². The number of anilines is 1. The van der Waals surface area contributed by atoms with Crippen molar-refractivity contribution in [1.82, 2.24) is 5.32 Å². The monoisotopic (exact) mass is 409 g/mol. The number of nitro groups is 1. The van der Waals surface area contributed by atoms with E-state index >= 15 is 0 Å². The molecule has 2 aromatic rings. The normalized spacial score (nSPS) is 17.9. The third kappa shape index (κ3) is 3.43.